The van der Waals surface area contributed by atoms with Crippen molar-refractivity contribution in [3.05, 3.63) is 35.9 Å². The molecule has 0 aliphatic heterocycles. The van der Waals surface area contributed by atoms with Gasteiger partial charge in [-0.25, -0.2) is 0 Å². The van der Waals surface area contributed by atoms with Crippen molar-refractivity contribution in [3.8, 4) is 0 Å². The van der Waals surface area contributed by atoms with Crippen LogP contribution in [0.5, 0.6) is 0 Å². The molecule has 1 amide bonds. The van der Waals surface area contributed by atoms with Crippen molar-refractivity contribution < 1.29 is 14.3 Å². The number of esters is 1. The summed E-state index contributed by atoms with van der Waals surface area (Å²) in [4.78, 5) is 22.7. The van der Waals surface area contributed by atoms with Crippen LogP contribution in [0.4, 0.5) is 0 Å². The van der Waals surface area contributed by atoms with E-state index in [1.807, 2.05) is 30.3 Å². The standard InChI is InChI=1S/C14H20N2O3/c1-2-19-14(18)8-9-16-13(17)10-12(15)11-6-4-3-5-7-11/h3-7,12H,2,8-10,15H2,1H3,(H,16,17). The molecule has 19 heavy (non-hydrogen) atoms. The number of carbonyl (C=O) groups excluding carboxylic acids is 2. The number of carbonyl (C=O) groups is 2. The highest BCUT2D eigenvalue weighted by atomic mass is 16.5. The fraction of sp³-hybridized carbons (Fsp3) is 0.429. The van der Waals surface area contributed by atoms with Crippen molar-refractivity contribution in [1.29, 1.82) is 0 Å². The lowest BCUT2D eigenvalue weighted by molar-refractivity contribution is -0.143. The highest BCUT2D eigenvalue weighted by Crippen LogP contribution is 2.12. The first-order valence-electron chi connectivity index (χ1n) is 6.36. The van der Waals surface area contributed by atoms with Crippen molar-refractivity contribution in [2.24, 2.45) is 5.73 Å². The minimum absolute atomic E-state index is 0.166. The van der Waals surface area contributed by atoms with Gasteiger partial charge in [0.15, 0.2) is 0 Å². The Morgan fingerprint density at radius 3 is 2.63 bits per heavy atom. The van der Waals surface area contributed by atoms with E-state index >= 15 is 0 Å². The summed E-state index contributed by atoms with van der Waals surface area (Å²) in [6.07, 6.45) is 0.382. The second-order valence-corrected chi connectivity index (χ2v) is 4.13. The van der Waals surface area contributed by atoms with Crippen molar-refractivity contribution in [2.75, 3.05) is 13.2 Å². The minimum atomic E-state index is -0.330. The molecule has 0 bridgehead atoms. The summed E-state index contributed by atoms with van der Waals surface area (Å²) in [5.41, 5.74) is 6.84. The van der Waals surface area contributed by atoms with Crippen LogP contribution in [0.25, 0.3) is 0 Å². The summed E-state index contributed by atoms with van der Waals surface area (Å²) in [5.74, 6) is -0.476. The lowest BCUT2D eigenvalue weighted by atomic mass is 10.0. The third kappa shape index (κ3) is 6.01. The molecule has 5 nitrogen and oxygen atoms in total. The van der Waals surface area contributed by atoms with Crippen LogP contribution in [-0.4, -0.2) is 25.0 Å². The Morgan fingerprint density at radius 1 is 1.32 bits per heavy atom. The molecule has 3 N–H and O–H groups in total. The van der Waals surface area contributed by atoms with E-state index < -0.39 is 0 Å². The van der Waals surface area contributed by atoms with Crippen molar-refractivity contribution in [1.82, 2.24) is 5.32 Å². The quantitative estimate of drug-likeness (QED) is 0.724. The second-order valence-electron chi connectivity index (χ2n) is 4.13. The first kappa shape index (κ1) is 15.2. The van der Waals surface area contributed by atoms with Gasteiger partial charge in [0.1, 0.15) is 0 Å². The molecule has 0 aliphatic carbocycles. The number of hydrogen-bond donors (Lipinski definition) is 2. The predicted octanol–water partition coefficient (Wildman–Crippen LogP) is 1.15. The molecule has 0 spiro atoms. The number of hydrogen-bond acceptors (Lipinski definition) is 4. The third-order valence-electron chi connectivity index (χ3n) is 2.59. The van der Waals surface area contributed by atoms with Gasteiger partial charge in [0.25, 0.3) is 0 Å². The molecule has 0 aromatic heterocycles. The Bertz CT molecular complexity index is 406. The van der Waals surface area contributed by atoms with Crippen LogP contribution in [0, 0.1) is 0 Å². The molecular weight excluding hydrogens is 244 g/mol. The molecule has 1 unspecified atom stereocenters. The zero-order valence-corrected chi connectivity index (χ0v) is 11.1. The molecule has 0 saturated heterocycles. The summed E-state index contributed by atoms with van der Waals surface area (Å²) in [6.45, 7) is 2.38. The molecule has 0 saturated carbocycles. The highest BCUT2D eigenvalue weighted by Gasteiger charge is 2.11. The lowest BCUT2D eigenvalue weighted by Crippen LogP contribution is -2.29. The van der Waals surface area contributed by atoms with E-state index in [0.717, 1.165) is 5.56 Å². The fourth-order valence-electron chi connectivity index (χ4n) is 1.63. The molecule has 0 heterocycles. The van der Waals surface area contributed by atoms with E-state index in [9.17, 15) is 9.59 Å². The summed E-state index contributed by atoms with van der Waals surface area (Å²) < 4.78 is 4.76. The number of rotatable bonds is 7. The molecule has 1 aromatic carbocycles. The Labute approximate surface area is 113 Å². The van der Waals surface area contributed by atoms with Gasteiger partial charge in [-0.2, -0.15) is 0 Å². The summed E-state index contributed by atoms with van der Waals surface area (Å²) in [6, 6.07) is 9.11. The smallest absolute Gasteiger partial charge is 0.307 e. The minimum Gasteiger partial charge on any atom is -0.466 e. The van der Waals surface area contributed by atoms with Crippen LogP contribution >= 0.6 is 0 Å². The predicted molar refractivity (Wildman–Crippen MR) is 72.2 cm³/mol. The molecule has 0 aliphatic rings. The van der Waals surface area contributed by atoms with Crippen LogP contribution in [-0.2, 0) is 14.3 Å². The van der Waals surface area contributed by atoms with Crippen LogP contribution in [0.1, 0.15) is 31.4 Å². The second kappa shape index (κ2) is 8.26. The maximum absolute atomic E-state index is 11.6. The van der Waals surface area contributed by atoms with E-state index in [4.69, 9.17) is 10.5 Å². The Balaban J connectivity index is 2.26. The van der Waals surface area contributed by atoms with E-state index in [1.165, 1.54) is 0 Å². The van der Waals surface area contributed by atoms with E-state index in [1.54, 1.807) is 6.92 Å². The van der Waals surface area contributed by atoms with Gasteiger partial charge >= 0.3 is 5.97 Å². The van der Waals surface area contributed by atoms with E-state index in [0.29, 0.717) is 6.61 Å². The molecular formula is C14H20N2O3. The summed E-state index contributed by atoms with van der Waals surface area (Å²) in [5, 5.41) is 2.65. The SMILES string of the molecule is CCOC(=O)CCNC(=O)CC(N)c1ccccc1. The average molecular weight is 264 g/mol. The zero-order chi connectivity index (χ0) is 14.1. The zero-order valence-electron chi connectivity index (χ0n) is 11.1. The van der Waals surface area contributed by atoms with Gasteiger partial charge < -0.3 is 15.8 Å². The van der Waals surface area contributed by atoms with Crippen LogP contribution in [0.2, 0.25) is 0 Å². The molecule has 1 rings (SSSR count). The molecule has 0 radical (unpaired) electrons. The molecule has 5 heteroatoms. The van der Waals surface area contributed by atoms with Crippen LogP contribution in [0.3, 0.4) is 0 Å². The summed E-state index contributed by atoms with van der Waals surface area (Å²) in [7, 11) is 0. The number of amides is 1. The molecule has 0 fully saturated rings. The van der Waals surface area contributed by atoms with Crippen LogP contribution < -0.4 is 11.1 Å². The van der Waals surface area contributed by atoms with Gasteiger partial charge in [-0.1, -0.05) is 30.3 Å². The maximum atomic E-state index is 11.6. The molecule has 1 atom stereocenters. The average Bonchev–Trinajstić information content (AvgIpc) is 2.40. The Hall–Kier alpha value is -1.88. The topological polar surface area (TPSA) is 81.4 Å². The van der Waals surface area contributed by atoms with Gasteiger partial charge in [0.2, 0.25) is 5.91 Å². The van der Waals surface area contributed by atoms with E-state index in [-0.39, 0.29) is 37.3 Å². The summed E-state index contributed by atoms with van der Waals surface area (Å²) >= 11 is 0. The first-order valence-corrected chi connectivity index (χ1v) is 6.36. The Morgan fingerprint density at radius 2 is 2.00 bits per heavy atom. The van der Waals surface area contributed by atoms with Gasteiger partial charge in [-0.3, -0.25) is 9.59 Å². The van der Waals surface area contributed by atoms with Gasteiger partial charge in [0.05, 0.1) is 13.0 Å². The van der Waals surface area contributed by atoms with Gasteiger partial charge in [0, 0.05) is 19.0 Å². The monoisotopic (exact) mass is 264 g/mol. The number of ether oxygens (including phenoxy) is 1. The highest BCUT2D eigenvalue weighted by molar-refractivity contribution is 5.77. The van der Waals surface area contributed by atoms with Crippen molar-refractivity contribution in [3.63, 3.8) is 0 Å². The first-order chi connectivity index (χ1) is 9.13. The number of nitrogens with one attached hydrogen (secondary N) is 1. The van der Waals surface area contributed by atoms with Crippen LogP contribution in [0.15, 0.2) is 30.3 Å². The van der Waals surface area contributed by atoms with Gasteiger partial charge in [-0.15, -0.1) is 0 Å². The lowest BCUT2D eigenvalue weighted by Gasteiger charge is -2.11. The maximum Gasteiger partial charge on any atom is 0.307 e. The third-order valence-corrected chi connectivity index (χ3v) is 2.59. The van der Waals surface area contributed by atoms with Gasteiger partial charge in [-0.05, 0) is 12.5 Å². The molecule has 104 valence electrons. The molecule has 1 aromatic rings. The normalized spacial score (nSPS) is 11.7. The largest absolute Gasteiger partial charge is 0.466 e. The number of nitrogens with two attached hydrogens (primary N) is 1. The van der Waals surface area contributed by atoms with Crippen molar-refractivity contribution in [2.45, 2.75) is 25.8 Å². The number of benzene rings is 1. The van der Waals surface area contributed by atoms with Crippen molar-refractivity contribution >= 4 is 11.9 Å². The Kier molecular flexibility index (Phi) is 6.60. The fourth-order valence-corrected chi connectivity index (χ4v) is 1.63. The van der Waals surface area contributed by atoms with E-state index in [2.05, 4.69) is 5.32 Å².